The number of hydrogen-bond donors (Lipinski definition) is 1. The van der Waals surface area contributed by atoms with E-state index in [9.17, 15) is 9.59 Å². The average Bonchev–Trinajstić information content (AvgIpc) is 2.38. The Labute approximate surface area is 122 Å². The molecule has 0 aliphatic rings. The Hall–Kier alpha value is -2.01. The van der Waals surface area contributed by atoms with Crippen molar-refractivity contribution < 1.29 is 19.1 Å². The highest BCUT2D eigenvalue weighted by Crippen LogP contribution is 2.22. The van der Waals surface area contributed by atoms with E-state index < -0.39 is 17.5 Å². The van der Waals surface area contributed by atoms with Crippen molar-refractivity contribution in [2.24, 2.45) is 0 Å². The third-order valence-electron chi connectivity index (χ3n) is 2.38. The first-order valence-electron chi connectivity index (χ1n) is 5.84. The molecule has 0 aromatic heterocycles. The molecule has 108 valence electrons. The summed E-state index contributed by atoms with van der Waals surface area (Å²) in [6.07, 6.45) is 1.42. The van der Waals surface area contributed by atoms with Gasteiger partial charge in [0.1, 0.15) is 6.61 Å². The Kier molecular flexibility index (Phi) is 5.16. The number of ether oxygens (including phenoxy) is 2. The highest BCUT2D eigenvalue weighted by Gasteiger charge is 2.34. The van der Waals surface area contributed by atoms with Gasteiger partial charge in [-0.2, -0.15) is 0 Å². The number of hydrogen-bond acceptors (Lipinski definition) is 5. The SMILES string of the molecule is C=CCOC(=O)C(C)(C)OC(=O)c1cc(N)ccc1Cl. The molecule has 0 saturated carbocycles. The zero-order valence-corrected chi connectivity index (χ0v) is 12.1. The Morgan fingerprint density at radius 3 is 2.70 bits per heavy atom. The Morgan fingerprint density at radius 2 is 2.10 bits per heavy atom. The van der Waals surface area contributed by atoms with Crippen molar-refractivity contribution in [2.75, 3.05) is 12.3 Å². The molecule has 1 aromatic carbocycles. The summed E-state index contributed by atoms with van der Waals surface area (Å²) < 4.78 is 9.99. The number of esters is 2. The topological polar surface area (TPSA) is 78.6 Å². The lowest BCUT2D eigenvalue weighted by molar-refractivity contribution is -0.161. The molecule has 0 aliphatic carbocycles. The summed E-state index contributed by atoms with van der Waals surface area (Å²) in [7, 11) is 0. The molecule has 1 aromatic rings. The lowest BCUT2D eigenvalue weighted by Crippen LogP contribution is -2.39. The smallest absolute Gasteiger partial charge is 0.350 e. The van der Waals surface area contributed by atoms with Gasteiger partial charge in [0.25, 0.3) is 0 Å². The third-order valence-corrected chi connectivity index (χ3v) is 2.71. The molecule has 0 amide bonds. The highest BCUT2D eigenvalue weighted by molar-refractivity contribution is 6.33. The fourth-order valence-electron chi connectivity index (χ4n) is 1.34. The van der Waals surface area contributed by atoms with Crippen LogP contribution in [0.15, 0.2) is 30.9 Å². The minimum atomic E-state index is -1.44. The summed E-state index contributed by atoms with van der Waals surface area (Å²) in [5.41, 5.74) is 4.61. The Balaban J connectivity index is 2.86. The molecule has 0 radical (unpaired) electrons. The van der Waals surface area contributed by atoms with Crippen molar-refractivity contribution in [2.45, 2.75) is 19.4 Å². The van der Waals surface area contributed by atoms with E-state index in [1.54, 1.807) is 6.07 Å². The first-order valence-corrected chi connectivity index (χ1v) is 6.22. The van der Waals surface area contributed by atoms with E-state index in [0.29, 0.717) is 5.69 Å². The minimum absolute atomic E-state index is 0.0405. The van der Waals surface area contributed by atoms with Crippen LogP contribution < -0.4 is 5.73 Å². The van der Waals surface area contributed by atoms with E-state index >= 15 is 0 Å². The molecule has 0 fully saturated rings. The van der Waals surface area contributed by atoms with E-state index in [2.05, 4.69) is 6.58 Å². The van der Waals surface area contributed by atoms with Gasteiger partial charge in [-0.3, -0.25) is 0 Å². The molecule has 0 aliphatic heterocycles. The molecule has 5 nitrogen and oxygen atoms in total. The fraction of sp³-hybridized carbons (Fsp3) is 0.286. The van der Waals surface area contributed by atoms with E-state index in [0.717, 1.165) is 0 Å². The fourth-order valence-corrected chi connectivity index (χ4v) is 1.53. The number of nitrogens with two attached hydrogens (primary N) is 1. The molecule has 0 unspecified atom stereocenters. The number of anilines is 1. The number of halogens is 1. The quantitative estimate of drug-likeness (QED) is 0.513. The van der Waals surface area contributed by atoms with E-state index in [1.807, 2.05) is 0 Å². The van der Waals surface area contributed by atoms with Gasteiger partial charge in [0, 0.05) is 5.69 Å². The number of carbonyl (C=O) groups is 2. The minimum Gasteiger partial charge on any atom is -0.459 e. The standard InChI is InChI=1S/C14H16ClNO4/c1-4-7-19-13(18)14(2,3)20-12(17)10-8-9(16)5-6-11(10)15/h4-6,8H,1,7,16H2,2-3H3. The van der Waals surface area contributed by atoms with Crippen LogP contribution in [0.1, 0.15) is 24.2 Å². The molecule has 1 rings (SSSR count). The summed E-state index contributed by atoms with van der Waals surface area (Å²) in [6.45, 7) is 6.32. The molecule has 0 saturated heterocycles. The predicted molar refractivity (Wildman–Crippen MR) is 76.5 cm³/mol. The van der Waals surface area contributed by atoms with Crippen molar-refractivity contribution in [3.05, 3.63) is 41.4 Å². The maximum absolute atomic E-state index is 12.0. The van der Waals surface area contributed by atoms with Crippen LogP contribution in [0.4, 0.5) is 5.69 Å². The van der Waals surface area contributed by atoms with E-state index in [4.69, 9.17) is 26.8 Å². The lowest BCUT2D eigenvalue weighted by atomic mass is 10.1. The summed E-state index contributed by atoms with van der Waals surface area (Å²) in [5.74, 6) is -1.42. The van der Waals surface area contributed by atoms with Crippen LogP contribution in [0, 0.1) is 0 Å². The highest BCUT2D eigenvalue weighted by atomic mass is 35.5. The summed E-state index contributed by atoms with van der Waals surface area (Å²) in [4.78, 5) is 23.8. The van der Waals surface area contributed by atoms with Gasteiger partial charge in [-0.25, -0.2) is 9.59 Å². The van der Waals surface area contributed by atoms with Gasteiger partial charge in [0.2, 0.25) is 5.60 Å². The summed E-state index contributed by atoms with van der Waals surface area (Å²) >= 11 is 5.90. The van der Waals surface area contributed by atoms with Crippen LogP contribution in [0.25, 0.3) is 0 Å². The molecule has 0 atom stereocenters. The van der Waals surface area contributed by atoms with E-state index in [-0.39, 0.29) is 17.2 Å². The molecule has 6 heteroatoms. The van der Waals surface area contributed by atoms with Crippen LogP contribution in [0.5, 0.6) is 0 Å². The van der Waals surface area contributed by atoms with Crippen LogP contribution >= 0.6 is 11.6 Å². The molecular weight excluding hydrogens is 282 g/mol. The second-order valence-corrected chi connectivity index (χ2v) is 4.93. The number of carbonyl (C=O) groups excluding carboxylic acids is 2. The number of rotatable bonds is 5. The maximum Gasteiger partial charge on any atom is 0.350 e. The molecular formula is C14H16ClNO4. The van der Waals surface area contributed by atoms with Crippen LogP contribution in [-0.4, -0.2) is 24.1 Å². The van der Waals surface area contributed by atoms with Crippen molar-refractivity contribution in [1.82, 2.24) is 0 Å². The first-order chi connectivity index (χ1) is 9.27. The maximum atomic E-state index is 12.0. The monoisotopic (exact) mass is 297 g/mol. The first kappa shape index (κ1) is 16.0. The lowest BCUT2D eigenvalue weighted by Gasteiger charge is -2.23. The molecule has 0 bridgehead atoms. The van der Waals surface area contributed by atoms with Crippen LogP contribution in [0.3, 0.4) is 0 Å². The second-order valence-electron chi connectivity index (χ2n) is 4.53. The van der Waals surface area contributed by atoms with Crippen LogP contribution in [-0.2, 0) is 14.3 Å². The van der Waals surface area contributed by atoms with Crippen molar-refractivity contribution >= 4 is 29.2 Å². The normalized spacial score (nSPS) is 10.8. The third kappa shape index (κ3) is 3.99. The number of nitrogen functional groups attached to an aromatic ring is 1. The van der Waals surface area contributed by atoms with Crippen molar-refractivity contribution in [3.63, 3.8) is 0 Å². The summed E-state index contributed by atoms with van der Waals surface area (Å²) in [5, 5.41) is 0.194. The van der Waals surface area contributed by atoms with Gasteiger partial charge >= 0.3 is 11.9 Å². The predicted octanol–water partition coefficient (Wildman–Crippen LogP) is 2.59. The summed E-state index contributed by atoms with van der Waals surface area (Å²) in [6, 6.07) is 4.43. The number of benzene rings is 1. The molecule has 0 heterocycles. The van der Waals surface area contributed by atoms with Gasteiger partial charge in [0.05, 0.1) is 10.6 Å². The van der Waals surface area contributed by atoms with Gasteiger partial charge in [-0.15, -0.1) is 0 Å². The Bertz CT molecular complexity index is 540. The molecule has 2 N–H and O–H groups in total. The van der Waals surface area contributed by atoms with E-state index in [1.165, 1.54) is 32.1 Å². The zero-order chi connectivity index (χ0) is 15.3. The van der Waals surface area contributed by atoms with Crippen molar-refractivity contribution in [3.8, 4) is 0 Å². The zero-order valence-electron chi connectivity index (χ0n) is 11.3. The second kappa shape index (κ2) is 6.43. The Morgan fingerprint density at radius 1 is 1.45 bits per heavy atom. The van der Waals surface area contributed by atoms with Gasteiger partial charge in [-0.05, 0) is 32.0 Å². The van der Waals surface area contributed by atoms with Gasteiger partial charge < -0.3 is 15.2 Å². The average molecular weight is 298 g/mol. The largest absolute Gasteiger partial charge is 0.459 e. The van der Waals surface area contributed by atoms with Gasteiger partial charge in [0.15, 0.2) is 0 Å². The molecule has 0 spiro atoms. The molecule has 20 heavy (non-hydrogen) atoms. The van der Waals surface area contributed by atoms with Crippen molar-refractivity contribution in [1.29, 1.82) is 0 Å². The van der Waals surface area contributed by atoms with Crippen LogP contribution in [0.2, 0.25) is 5.02 Å². The van der Waals surface area contributed by atoms with Gasteiger partial charge in [-0.1, -0.05) is 24.3 Å².